The summed E-state index contributed by atoms with van der Waals surface area (Å²) in [5, 5.41) is 8.76. The van der Waals surface area contributed by atoms with Gasteiger partial charge in [-0.05, 0) is 12.1 Å². The Morgan fingerprint density at radius 1 is 1.59 bits per heavy atom. The van der Waals surface area contributed by atoms with Crippen LogP contribution in [0.1, 0.15) is 13.3 Å². The normalized spacial score (nSPS) is 13.3. The second kappa shape index (κ2) is 5.50. The maximum absolute atomic E-state index is 11.5. The van der Waals surface area contributed by atoms with Crippen LogP contribution in [0.2, 0.25) is 0 Å². The molecule has 0 radical (unpaired) electrons. The Kier molecular flexibility index (Phi) is 4.53. The fourth-order valence-corrected chi connectivity index (χ4v) is 3.43. The van der Waals surface area contributed by atoms with Gasteiger partial charge in [-0.2, -0.15) is 0 Å². The number of pyridine rings is 1. The molecule has 0 saturated heterocycles. The molecule has 1 rings (SSSR count). The summed E-state index contributed by atoms with van der Waals surface area (Å²) in [6.45, 7) is 1.72. The zero-order valence-corrected chi connectivity index (χ0v) is 11.1. The van der Waals surface area contributed by atoms with Crippen LogP contribution in [-0.2, 0) is 14.6 Å². The lowest BCUT2D eigenvalue weighted by Gasteiger charge is -2.10. The summed E-state index contributed by atoms with van der Waals surface area (Å²) >= 11 is 1.15. The number of carboxylic acids is 1. The third-order valence-corrected chi connectivity index (χ3v) is 4.29. The lowest BCUT2D eigenvalue weighted by molar-refractivity contribution is -0.136. The van der Waals surface area contributed by atoms with Crippen LogP contribution < -0.4 is 0 Å². The zero-order valence-electron chi connectivity index (χ0n) is 9.45. The molecule has 0 aliphatic rings. The Labute approximate surface area is 104 Å². The molecule has 1 aromatic heterocycles. The van der Waals surface area contributed by atoms with Crippen molar-refractivity contribution in [2.45, 2.75) is 28.5 Å². The fraction of sp³-hybridized carbons (Fsp3) is 0.400. The molecule has 0 saturated carbocycles. The topological polar surface area (TPSA) is 84.3 Å². The molecular formula is C10H13NO4S2. The van der Waals surface area contributed by atoms with Crippen molar-refractivity contribution in [1.82, 2.24) is 4.98 Å². The Morgan fingerprint density at radius 3 is 2.76 bits per heavy atom. The van der Waals surface area contributed by atoms with Crippen molar-refractivity contribution >= 4 is 27.6 Å². The summed E-state index contributed by atoms with van der Waals surface area (Å²) in [5.41, 5.74) is 0. The van der Waals surface area contributed by atoms with Crippen LogP contribution in [0.15, 0.2) is 28.3 Å². The van der Waals surface area contributed by atoms with E-state index in [0.717, 1.165) is 18.0 Å². The van der Waals surface area contributed by atoms with Crippen LogP contribution in [0.25, 0.3) is 0 Å². The lowest BCUT2D eigenvalue weighted by atomic mass is 10.3. The summed E-state index contributed by atoms with van der Waals surface area (Å²) in [7, 11) is -3.34. The molecule has 1 aromatic rings. The van der Waals surface area contributed by atoms with Crippen molar-refractivity contribution in [2.75, 3.05) is 6.26 Å². The molecule has 94 valence electrons. The van der Waals surface area contributed by atoms with Gasteiger partial charge in [0.25, 0.3) is 0 Å². The first-order valence-electron chi connectivity index (χ1n) is 4.84. The maximum atomic E-state index is 11.5. The van der Waals surface area contributed by atoms with E-state index in [1.807, 2.05) is 0 Å². The van der Waals surface area contributed by atoms with Gasteiger partial charge >= 0.3 is 5.97 Å². The SMILES string of the molecule is CC(CC(=O)O)Sc1ncccc1S(C)(=O)=O. The number of nitrogens with zero attached hydrogens (tertiary/aromatic N) is 1. The number of sulfone groups is 1. The zero-order chi connectivity index (χ0) is 13.1. The number of carbonyl (C=O) groups is 1. The van der Waals surface area contributed by atoms with Gasteiger partial charge in [-0.3, -0.25) is 4.79 Å². The first-order valence-corrected chi connectivity index (χ1v) is 7.61. The number of hydrogen-bond acceptors (Lipinski definition) is 5. The van der Waals surface area contributed by atoms with Gasteiger partial charge in [0, 0.05) is 17.7 Å². The van der Waals surface area contributed by atoms with Crippen molar-refractivity contribution in [3.05, 3.63) is 18.3 Å². The Hall–Kier alpha value is -1.08. The van der Waals surface area contributed by atoms with Crippen LogP contribution in [-0.4, -0.2) is 36.0 Å². The predicted octanol–water partition coefficient (Wildman–Crippen LogP) is 1.44. The van der Waals surface area contributed by atoms with E-state index in [9.17, 15) is 13.2 Å². The van der Waals surface area contributed by atoms with Crippen molar-refractivity contribution in [2.24, 2.45) is 0 Å². The highest BCUT2D eigenvalue weighted by Crippen LogP contribution is 2.28. The van der Waals surface area contributed by atoms with Gasteiger partial charge < -0.3 is 5.11 Å². The summed E-state index contributed by atoms with van der Waals surface area (Å²) in [6, 6.07) is 3.01. The number of hydrogen-bond donors (Lipinski definition) is 1. The Balaban J connectivity index is 2.96. The van der Waals surface area contributed by atoms with E-state index >= 15 is 0 Å². The van der Waals surface area contributed by atoms with Crippen molar-refractivity contribution < 1.29 is 18.3 Å². The molecule has 0 spiro atoms. The van der Waals surface area contributed by atoms with E-state index in [4.69, 9.17) is 5.11 Å². The van der Waals surface area contributed by atoms with Gasteiger partial charge in [-0.15, -0.1) is 11.8 Å². The van der Waals surface area contributed by atoms with Crippen LogP contribution in [0, 0.1) is 0 Å². The van der Waals surface area contributed by atoms with E-state index in [1.54, 1.807) is 13.0 Å². The van der Waals surface area contributed by atoms with Gasteiger partial charge in [0.2, 0.25) is 0 Å². The smallest absolute Gasteiger partial charge is 0.304 e. The van der Waals surface area contributed by atoms with Gasteiger partial charge in [0.15, 0.2) is 9.84 Å². The number of thioether (sulfide) groups is 1. The second-order valence-electron chi connectivity index (χ2n) is 3.61. The van der Waals surface area contributed by atoms with Crippen molar-refractivity contribution in [3.8, 4) is 0 Å². The number of carboxylic acid groups (broad SMARTS) is 1. The summed E-state index contributed by atoms with van der Waals surface area (Å²) in [6.07, 6.45) is 2.56. The summed E-state index contributed by atoms with van der Waals surface area (Å²) < 4.78 is 23.0. The minimum absolute atomic E-state index is 0.0373. The molecule has 1 unspecified atom stereocenters. The minimum Gasteiger partial charge on any atom is -0.481 e. The molecule has 0 amide bonds. The number of rotatable bonds is 5. The Bertz CT molecular complexity index is 513. The van der Waals surface area contributed by atoms with E-state index in [0.29, 0.717) is 5.03 Å². The average Bonchev–Trinajstić information content (AvgIpc) is 2.15. The first kappa shape index (κ1) is 14.0. The monoisotopic (exact) mass is 275 g/mol. The van der Waals surface area contributed by atoms with E-state index in [1.165, 1.54) is 12.3 Å². The summed E-state index contributed by atoms with van der Waals surface area (Å²) in [4.78, 5) is 14.7. The molecular weight excluding hydrogens is 262 g/mol. The molecule has 0 bridgehead atoms. The molecule has 17 heavy (non-hydrogen) atoms. The van der Waals surface area contributed by atoms with E-state index < -0.39 is 15.8 Å². The van der Waals surface area contributed by atoms with Gasteiger partial charge in [-0.1, -0.05) is 6.92 Å². The third-order valence-electron chi connectivity index (χ3n) is 1.91. The predicted molar refractivity (Wildman–Crippen MR) is 64.9 cm³/mol. The van der Waals surface area contributed by atoms with E-state index in [2.05, 4.69) is 4.98 Å². The molecule has 7 heteroatoms. The number of aromatic nitrogens is 1. The molecule has 0 fully saturated rings. The number of aliphatic carboxylic acids is 1. The fourth-order valence-electron chi connectivity index (χ4n) is 1.22. The quantitative estimate of drug-likeness (QED) is 0.819. The summed E-state index contributed by atoms with van der Waals surface area (Å²) in [5.74, 6) is -0.915. The molecule has 1 N–H and O–H groups in total. The second-order valence-corrected chi connectivity index (χ2v) is 7.02. The molecule has 5 nitrogen and oxygen atoms in total. The van der Waals surface area contributed by atoms with Gasteiger partial charge in [-0.25, -0.2) is 13.4 Å². The largest absolute Gasteiger partial charge is 0.481 e. The molecule has 1 heterocycles. The average molecular weight is 275 g/mol. The molecule has 1 atom stereocenters. The van der Waals surface area contributed by atoms with Crippen LogP contribution in [0.5, 0.6) is 0 Å². The Morgan fingerprint density at radius 2 is 2.24 bits per heavy atom. The highest BCUT2D eigenvalue weighted by atomic mass is 32.2. The van der Waals surface area contributed by atoms with Crippen LogP contribution in [0.4, 0.5) is 0 Å². The molecule has 0 aliphatic carbocycles. The standard InChI is InChI=1S/C10H13NO4S2/c1-7(6-9(12)13)16-10-8(17(2,14)15)4-3-5-11-10/h3-5,7H,6H2,1-2H3,(H,12,13). The van der Waals surface area contributed by atoms with Gasteiger partial charge in [0.1, 0.15) is 5.03 Å². The molecule has 0 aromatic carbocycles. The third kappa shape index (κ3) is 4.35. The first-order chi connectivity index (χ1) is 7.80. The van der Waals surface area contributed by atoms with E-state index in [-0.39, 0.29) is 16.6 Å². The highest BCUT2D eigenvalue weighted by molar-refractivity contribution is 8.00. The van der Waals surface area contributed by atoms with Crippen LogP contribution >= 0.6 is 11.8 Å². The van der Waals surface area contributed by atoms with Gasteiger partial charge in [0.05, 0.1) is 11.3 Å². The van der Waals surface area contributed by atoms with Crippen LogP contribution in [0.3, 0.4) is 0 Å². The maximum Gasteiger partial charge on any atom is 0.304 e. The van der Waals surface area contributed by atoms with Crippen molar-refractivity contribution in [1.29, 1.82) is 0 Å². The lowest BCUT2D eigenvalue weighted by Crippen LogP contribution is -2.08. The molecule has 0 aliphatic heterocycles. The van der Waals surface area contributed by atoms with Crippen molar-refractivity contribution in [3.63, 3.8) is 0 Å². The highest BCUT2D eigenvalue weighted by Gasteiger charge is 2.17. The minimum atomic E-state index is -3.34.